The van der Waals surface area contributed by atoms with Crippen LogP contribution in [0, 0.1) is 0 Å². The number of pyridine rings is 1. The topological polar surface area (TPSA) is 62.2 Å². The smallest absolute Gasteiger partial charge is 0.248 e. The fourth-order valence-electron chi connectivity index (χ4n) is 2.70. The van der Waals surface area contributed by atoms with Crippen LogP contribution in [0.4, 0.5) is 8.78 Å². The average molecular weight is 381 g/mol. The van der Waals surface area contributed by atoms with Crippen molar-refractivity contribution in [3.63, 3.8) is 0 Å². The van der Waals surface area contributed by atoms with Gasteiger partial charge in [-0.25, -0.2) is 22.7 Å². The molecule has 2 rings (SSSR count). The summed E-state index contributed by atoms with van der Waals surface area (Å²) in [5, 5.41) is 11.2. The van der Waals surface area contributed by atoms with Crippen LogP contribution in [-0.2, 0) is 11.0 Å². The van der Waals surface area contributed by atoms with Crippen LogP contribution < -0.4 is 4.72 Å². The van der Waals surface area contributed by atoms with Crippen LogP contribution in [0.3, 0.4) is 0 Å². The van der Waals surface area contributed by atoms with Crippen LogP contribution in [0.5, 0.6) is 0 Å². The molecular weight excluding hydrogens is 358 g/mol. The average Bonchev–Trinajstić information content (AvgIpc) is 2.48. The van der Waals surface area contributed by atoms with Crippen LogP contribution in [0.25, 0.3) is 0 Å². The van der Waals surface area contributed by atoms with E-state index in [1.165, 1.54) is 6.20 Å². The highest BCUT2D eigenvalue weighted by molar-refractivity contribution is 7.84. The maximum absolute atomic E-state index is 13.5. The van der Waals surface area contributed by atoms with Gasteiger partial charge in [-0.15, -0.1) is 0 Å². The number of nitrogens with zero attached hydrogens (tertiary/aromatic N) is 1. The Morgan fingerprint density at radius 3 is 2.42 bits per heavy atom. The zero-order valence-corrected chi connectivity index (χ0v) is 15.6. The lowest BCUT2D eigenvalue weighted by Crippen LogP contribution is -2.50. The minimum absolute atomic E-state index is 0.107. The van der Waals surface area contributed by atoms with Crippen molar-refractivity contribution in [2.24, 2.45) is 0 Å². The summed E-state index contributed by atoms with van der Waals surface area (Å²) in [5.74, 6) is -2.78. The molecular formula is C16H23ClF2N2O2S. The third-order valence-corrected chi connectivity index (χ3v) is 6.14. The second-order valence-corrected chi connectivity index (χ2v) is 9.63. The van der Waals surface area contributed by atoms with Crippen molar-refractivity contribution in [1.82, 2.24) is 9.71 Å². The number of halogens is 3. The molecule has 1 aromatic heterocycles. The van der Waals surface area contributed by atoms with E-state index >= 15 is 0 Å². The molecule has 8 heteroatoms. The molecule has 4 nitrogen and oxygen atoms in total. The number of aliphatic hydroxyl groups is 1. The molecule has 24 heavy (non-hydrogen) atoms. The second kappa shape index (κ2) is 6.94. The summed E-state index contributed by atoms with van der Waals surface area (Å²) in [6.07, 6.45) is 0.459. The molecule has 1 aliphatic rings. The number of nitrogens with one attached hydrogen (secondary N) is 1. The van der Waals surface area contributed by atoms with E-state index in [0.717, 1.165) is 0 Å². The summed E-state index contributed by atoms with van der Waals surface area (Å²) in [6, 6.07) is 2.48. The van der Waals surface area contributed by atoms with Gasteiger partial charge in [-0.1, -0.05) is 17.7 Å². The molecule has 0 aliphatic heterocycles. The van der Waals surface area contributed by atoms with E-state index in [-0.39, 0.29) is 18.0 Å². The van der Waals surface area contributed by atoms with Gasteiger partial charge in [0.05, 0.1) is 27.4 Å². The zero-order valence-electron chi connectivity index (χ0n) is 14.0. The van der Waals surface area contributed by atoms with E-state index in [2.05, 4.69) is 9.71 Å². The Labute approximate surface area is 148 Å². The summed E-state index contributed by atoms with van der Waals surface area (Å²) < 4.78 is 41.9. The summed E-state index contributed by atoms with van der Waals surface area (Å²) in [6.45, 7) is 5.37. The summed E-state index contributed by atoms with van der Waals surface area (Å²) in [7, 11) is -1.51. The van der Waals surface area contributed by atoms with E-state index in [1.807, 2.05) is 0 Å². The molecule has 1 aliphatic carbocycles. The predicted molar refractivity (Wildman–Crippen MR) is 91.4 cm³/mol. The molecule has 1 aromatic rings. The summed E-state index contributed by atoms with van der Waals surface area (Å²) in [5.41, 5.74) is -1.00. The Morgan fingerprint density at radius 1 is 1.33 bits per heavy atom. The highest BCUT2D eigenvalue weighted by Crippen LogP contribution is 2.45. The lowest BCUT2D eigenvalue weighted by molar-refractivity contribution is -0.115. The lowest BCUT2D eigenvalue weighted by atomic mass is 9.76. The lowest BCUT2D eigenvalue weighted by Gasteiger charge is -2.42. The van der Waals surface area contributed by atoms with Gasteiger partial charge in [0.2, 0.25) is 5.92 Å². The zero-order chi connectivity index (χ0) is 18.2. The quantitative estimate of drug-likeness (QED) is 0.781. The number of hydrogen-bond acceptors (Lipinski definition) is 3. The van der Waals surface area contributed by atoms with E-state index in [4.69, 9.17) is 11.6 Å². The van der Waals surface area contributed by atoms with Crippen molar-refractivity contribution in [3.05, 3.63) is 29.0 Å². The Morgan fingerprint density at radius 2 is 1.92 bits per heavy atom. The van der Waals surface area contributed by atoms with Crippen molar-refractivity contribution >= 4 is 22.6 Å². The van der Waals surface area contributed by atoms with Crippen molar-refractivity contribution in [1.29, 1.82) is 0 Å². The van der Waals surface area contributed by atoms with Crippen LogP contribution in [0.2, 0.25) is 5.15 Å². The molecule has 0 aromatic carbocycles. The van der Waals surface area contributed by atoms with Crippen molar-refractivity contribution < 1.29 is 18.1 Å². The fraction of sp³-hybridized carbons (Fsp3) is 0.688. The fourth-order valence-corrected chi connectivity index (χ4v) is 3.84. The Kier molecular flexibility index (Phi) is 5.69. The van der Waals surface area contributed by atoms with Gasteiger partial charge in [-0.05, 0) is 39.7 Å². The van der Waals surface area contributed by atoms with Gasteiger partial charge >= 0.3 is 0 Å². The molecule has 1 fully saturated rings. The Bertz CT molecular complexity index is 612. The number of aromatic nitrogens is 1. The minimum Gasteiger partial charge on any atom is -0.388 e. The van der Waals surface area contributed by atoms with E-state index in [0.29, 0.717) is 5.56 Å². The first-order chi connectivity index (χ1) is 10.9. The molecule has 0 spiro atoms. The molecule has 1 heterocycles. The first-order valence-corrected chi connectivity index (χ1v) is 9.36. The normalized spacial score (nSPS) is 22.8. The van der Waals surface area contributed by atoms with Crippen LogP contribution in [0.15, 0.2) is 18.3 Å². The maximum Gasteiger partial charge on any atom is 0.248 e. The molecule has 2 N–H and O–H groups in total. The van der Waals surface area contributed by atoms with E-state index in [9.17, 15) is 18.1 Å². The predicted octanol–water partition coefficient (Wildman–Crippen LogP) is 3.77. The van der Waals surface area contributed by atoms with Gasteiger partial charge in [-0.2, -0.15) is 0 Å². The number of rotatable bonds is 4. The van der Waals surface area contributed by atoms with Crippen molar-refractivity contribution in [2.45, 2.75) is 68.8 Å². The monoisotopic (exact) mass is 380 g/mol. The minimum atomic E-state index is -2.78. The molecule has 0 saturated heterocycles. The van der Waals surface area contributed by atoms with Gasteiger partial charge in [0, 0.05) is 24.6 Å². The largest absolute Gasteiger partial charge is 0.388 e. The Hall–Kier alpha value is -0.630. The number of alkyl halides is 2. The third-order valence-electron chi connectivity index (χ3n) is 4.26. The molecule has 136 valence electrons. The van der Waals surface area contributed by atoms with Gasteiger partial charge < -0.3 is 5.11 Å². The van der Waals surface area contributed by atoms with Gasteiger partial charge in [-0.3, -0.25) is 0 Å². The van der Waals surface area contributed by atoms with Crippen LogP contribution in [0.1, 0.15) is 58.1 Å². The number of hydrogen-bond donors (Lipinski definition) is 2. The molecule has 0 bridgehead atoms. The summed E-state index contributed by atoms with van der Waals surface area (Å²) in [4.78, 5) is 3.99. The maximum atomic E-state index is 13.5. The van der Waals surface area contributed by atoms with Gasteiger partial charge in [0.1, 0.15) is 5.15 Å². The summed E-state index contributed by atoms with van der Waals surface area (Å²) >= 11 is 6.14. The van der Waals surface area contributed by atoms with Crippen molar-refractivity contribution in [3.8, 4) is 0 Å². The standard InChI is InChI=1S/C16H23ClF2N2O2S/c1-14(2,3)24(23)21-12(11-5-4-10-20-13(11)17)15(22)6-8-16(18,19)9-7-15/h4-5,10,12,21-22H,6-9H2,1-3H3/t12?,24-/m0/s1. The molecule has 0 radical (unpaired) electrons. The molecule has 1 saturated carbocycles. The van der Waals surface area contributed by atoms with Gasteiger partial charge in [0.25, 0.3) is 0 Å². The molecule has 0 amide bonds. The first kappa shape index (κ1) is 19.7. The highest BCUT2D eigenvalue weighted by atomic mass is 35.5. The highest BCUT2D eigenvalue weighted by Gasteiger charge is 2.48. The SMILES string of the molecule is CC(C)(C)[S@](=O)NC(c1cccnc1Cl)C1(O)CCC(F)(F)CC1. The van der Waals surface area contributed by atoms with E-state index in [1.54, 1.807) is 32.9 Å². The van der Waals surface area contributed by atoms with Crippen LogP contribution in [-0.4, -0.2) is 30.6 Å². The van der Waals surface area contributed by atoms with Crippen molar-refractivity contribution in [2.75, 3.05) is 0 Å². The van der Waals surface area contributed by atoms with E-state index < -0.39 is 46.1 Å². The first-order valence-electron chi connectivity index (χ1n) is 7.83. The molecule has 2 atom stereocenters. The second-order valence-electron chi connectivity index (χ2n) is 7.27. The Balaban J connectivity index is 2.37. The third kappa shape index (κ3) is 4.50. The molecule has 1 unspecified atom stereocenters. The van der Waals surface area contributed by atoms with Gasteiger partial charge in [0.15, 0.2) is 0 Å². The van der Waals surface area contributed by atoms with Crippen LogP contribution >= 0.6 is 11.6 Å².